The van der Waals surface area contributed by atoms with Crippen molar-refractivity contribution >= 4 is 6.03 Å². The minimum atomic E-state index is 0.140. The number of rotatable bonds is 2. The molecule has 1 aromatic carbocycles. The van der Waals surface area contributed by atoms with Gasteiger partial charge in [-0.05, 0) is 73.8 Å². The van der Waals surface area contributed by atoms with Gasteiger partial charge in [0.2, 0.25) is 0 Å². The topological polar surface area (TPSA) is 35.6 Å². The maximum Gasteiger partial charge on any atom is 0.317 e. The molecule has 1 aromatic rings. The lowest BCUT2D eigenvalue weighted by atomic mass is 9.53. The number of hydrogen-bond acceptors (Lipinski definition) is 2. The molecule has 2 heterocycles. The van der Waals surface area contributed by atoms with E-state index in [1.807, 2.05) is 0 Å². The summed E-state index contributed by atoms with van der Waals surface area (Å²) < 4.78 is 0. The SMILES string of the molecule is O=C(NC12CC3CC(CC(C3)C1)C2)N1CC(N2CCc3ccccc3C2)C1. The average molecular weight is 366 g/mol. The molecule has 0 spiro atoms. The molecule has 6 aliphatic rings. The monoisotopic (exact) mass is 365 g/mol. The molecular formula is C23H31N3O. The first-order valence-electron chi connectivity index (χ1n) is 11.0. The molecule has 0 atom stereocenters. The number of nitrogens with zero attached hydrogens (tertiary/aromatic N) is 2. The van der Waals surface area contributed by atoms with Crippen LogP contribution in [0, 0.1) is 17.8 Å². The zero-order valence-electron chi connectivity index (χ0n) is 16.2. The lowest BCUT2D eigenvalue weighted by molar-refractivity contribution is -0.0204. The fourth-order valence-corrected chi connectivity index (χ4v) is 7.25. The van der Waals surface area contributed by atoms with E-state index in [0.29, 0.717) is 6.04 Å². The number of fused-ring (bicyclic) bond motifs is 1. The molecule has 2 amide bonds. The van der Waals surface area contributed by atoms with Crippen LogP contribution in [0.1, 0.15) is 49.7 Å². The van der Waals surface area contributed by atoms with Gasteiger partial charge in [0.15, 0.2) is 0 Å². The van der Waals surface area contributed by atoms with Crippen molar-refractivity contribution in [1.82, 2.24) is 15.1 Å². The summed E-state index contributed by atoms with van der Waals surface area (Å²) in [5.74, 6) is 2.65. The molecule has 4 bridgehead atoms. The molecule has 0 aromatic heterocycles. The quantitative estimate of drug-likeness (QED) is 0.872. The molecule has 5 fully saturated rings. The predicted octanol–water partition coefficient (Wildman–Crippen LogP) is 3.41. The van der Waals surface area contributed by atoms with E-state index in [-0.39, 0.29) is 11.6 Å². The van der Waals surface area contributed by atoms with Crippen LogP contribution < -0.4 is 5.32 Å². The molecule has 4 nitrogen and oxygen atoms in total. The van der Waals surface area contributed by atoms with Crippen molar-refractivity contribution in [2.24, 2.45) is 17.8 Å². The second-order valence-corrected chi connectivity index (χ2v) is 10.2. The Morgan fingerprint density at radius 3 is 2.26 bits per heavy atom. The van der Waals surface area contributed by atoms with Gasteiger partial charge in [0.25, 0.3) is 0 Å². The summed E-state index contributed by atoms with van der Waals surface area (Å²) in [5.41, 5.74) is 3.12. The van der Waals surface area contributed by atoms with Crippen LogP contribution in [0.5, 0.6) is 0 Å². The highest BCUT2D eigenvalue weighted by Crippen LogP contribution is 2.55. The highest BCUT2D eigenvalue weighted by Gasteiger charge is 2.52. The van der Waals surface area contributed by atoms with E-state index < -0.39 is 0 Å². The number of nitrogens with one attached hydrogen (secondary N) is 1. The Hall–Kier alpha value is -1.55. The lowest BCUT2D eigenvalue weighted by Gasteiger charge is -2.57. The standard InChI is InChI=1S/C23H31N3O/c27-22(24-23-10-16-7-17(11-23)9-18(8-16)12-23)26-14-21(15-26)25-6-5-19-3-1-2-4-20(19)13-25/h1-4,16-18,21H,5-15H2,(H,24,27). The Morgan fingerprint density at radius 2 is 1.59 bits per heavy atom. The van der Waals surface area contributed by atoms with Crippen LogP contribution in [0.25, 0.3) is 0 Å². The van der Waals surface area contributed by atoms with Crippen molar-refractivity contribution in [2.75, 3.05) is 19.6 Å². The number of urea groups is 1. The highest BCUT2D eigenvalue weighted by molar-refractivity contribution is 5.76. The zero-order chi connectivity index (χ0) is 18.0. The molecule has 4 aliphatic carbocycles. The Kier molecular flexibility index (Phi) is 3.63. The normalized spacial score (nSPS) is 37.8. The number of hydrogen-bond donors (Lipinski definition) is 1. The molecular weight excluding hydrogens is 334 g/mol. The van der Waals surface area contributed by atoms with Gasteiger partial charge in [0, 0.05) is 37.8 Å². The fraction of sp³-hybridized carbons (Fsp3) is 0.696. The third-order valence-corrected chi connectivity index (χ3v) is 8.24. The second kappa shape index (κ2) is 5.97. The second-order valence-electron chi connectivity index (χ2n) is 10.2. The minimum Gasteiger partial charge on any atom is -0.333 e. The zero-order valence-corrected chi connectivity index (χ0v) is 16.2. The Balaban J connectivity index is 1.06. The van der Waals surface area contributed by atoms with Gasteiger partial charge in [-0.1, -0.05) is 24.3 Å². The summed E-state index contributed by atoms with van der Waals surface area (Å²) in [6.07, 6.45) is 9.15. The summed E-state index contributed by atoms with van der Waals surface area (Å²) in [7, 11) is 0. The Morgan fingerprint density at radius 1 is 0.963 bits per heavy atom. The largest absolute Gasteiger partial charge is 0.333 e. The number of likely N-dealkylation sites (tertiary alicyclic amines) is 1. The predicted molar refractivity (Wildman–Crippen MR) is 105 cm³/mol. The lowest BCUT2D eigenvalue weighted by Crippen LogP contribution is -2.67. The molecule has 1 N–H and O–H groups in total. The molecule has 0 radical (unpaired) electrons. The minimum absolute atomic E-state index is 0.140. The van der Waals surface area contributed by atoms with Gasteiger partial charge in [-0.2, -0.15) is 0 Å². The summed E-state index contributed by atoms with van der Waals surface area (Å²) in [6.45, 7) is 3.98. The van der Waals surface area contributed by atoms with E-state index >= 15 is 0 Å². The van der Waals surface area contributed by atoms with Gasteiger partial charge < -0.3 is 10.2 Å². The molecule has 1 saturated heterocycles. The smallest absolute Gasteiger partial charge is 0.317 e. The van der Waals surface area contributed by atoms with Crippen molar-refractivity contribution in [3.8, 4) is 0 Å². The van der Waals surface area contributed by atoms with Gasteiger partial charge in [-0.3, -0.25) is 4.90 Å². The molecule has 144 valence electrons. The van der Waals surface area contributed by atoms with Crippen molar-refractivity contribution in [2.45, 2.75) is 63.1 Å². The van der Waals surface area contributed by atoms with Crippen LogP contribution in [0.4, 0.5) is 4.79 Å². The number of amides is 2. The van der Waals surface area contributed by atoms with E-state index in [1.54, 1.807) is 0 Å². The van der Waals surface area contributed by atoms with Gasteiger partial charge in [-0.25, -0.2) is 4.79 Å². The van der Waals surface area contributed by atoms with E-state index in [1.165, 1.54) is 49.7 Å². The van der Waals surface area contributed by atoms with Crippen LogP contribution >= 0.6 is 0 Å². The summed E-state index contributed by atoms with van der Waals surface area (Å²) in [4.78, 5) is 17.6. The number of benzene rings is 1. The number of carbonyl (C=O) groups excluding carboxylic acids is 1. The van der Waals surface area contributed by atoms with E-state index in [4.69, 9.17) is 0 Å². The fourth-order valence-electron chi connectivity index (χ4n) is 7.25. The van der Waals surface area contributed by atoms with E-state index in [0.717, 1.165) is 50.4 Å². The van der Waals surface area contributed by atoms with Crippen LogP contribution in [0.3, 0.4) is 0 Å². The number of carbonyl (C=O) groups is 1. The molecule has 27 heavy (non-hydrogen) atoms. The van der Waals surface area contributed by atoms with Gasteiger partial charge in [0.1, 0.15) is 0 Å². The average Bonchev–Trinajstić information content (AvgIpc) is 2.58. The maximum absolute atomic E-state index is 12.9. The van der Waals surface area contributed by atoms with Crippen LogP contribution in [-0.4, -0.2) is 47.0 Å². The summed E-state index contributed by atoms with van der Waals surface area (Å²) in [6, 6.07) is 9.57. The highest BCUT2D eigenvalue weighted by atomic mass is 16.2. The molecule has 4 heteroatoms. The van der Waals surface area contributed by atoms with Crippen LogP contribution in [0.2, 0.25) is 0 Å². The van der Waals surface area contributed by atoms with Crippen molar-refractivity contribution in [3.05, 3.63) is 35.4 Å². The Labute approximate surface area is 162 Å². The Bertz CT molecular complexity index is 718. The van der Waals surface area contributed by atoms with Crippen LogP contribution in [-0.2, 0) is 13.0 Å². The maximum atomic E-state index is 12.9. The van der Waals surface area contributed by atoms with Gasteiger partial charge in [-0.15, -0.1) is 0 Å². The first-order valence-corrected chi connectivity index (χ1v) is 11.0. The molecule has 2 aliphatic heterocycles. The molecule has 7 rings (SSSR count). The third-order valence-electron chi connectivity index (χ3n) is 8.24. The summed E-state index contributed by atoms with van der Waals surface area (Å²) >= 11 is 0. The molecule has 4 saturated carbocycles. The van der Waals surface area contributed by atoms with Crippen molar-refractivity contribution in [1.29, 1.82) is 0 Å². The van der Waals surface area contributed by atoms with Crippen LogP contribution in [0.15, 0.2) is 24.3 Å². The van der Waals surface area contributed by atoms with Gasteiger partial charge >= 0.3 is 6.03 Å². The van der Waals surface area contributed by atoms with Crippen molar-refractivity contribution < 1.29 is 4.79 Å². The van der Waals surface area contributed by atoms with E-state index in [9.17, 15) is 4.79 Å². The first-order chi connectivity index (χ1) is 13.2. The van der Waals surface area contributed by atoms with Gasteiger partial charge in [0.05, 0.1) is 0 Å². The van der Waals surface area contributed by atoms with E-state index in [2.05, 4.69) is 39.4 Å². The third kappa shape index (κ3) is 2.79. The van der Waals surface area contributed by atoms with Crippen molar-refractivity contribution in [3.63, 3.8) is 0 Å². The first kappa shape index (κ1) is 16.4. The summed E-state index contributed by atoms with van der Waals surface area (Å²) in [5, 5.41) is 3.53. The molecule has 0 unspecified atom stereocenters.